The van der Waals surface area contributed by atoms with Crippen LogP contribution in [0, 0.1) is 19.8 Å². The minimum atomic E-state index is -0.302. The summed E-state index contributed by atoms with van der Waals surface area (Å²) in [4.78, 5) is 28.6. The van der Waals surface area contributed by atoms with Gasteiger partial charge in [-0.15, -0.1) is 0 Å². The number of carbonyl (C=O) groups is 2. The summed E-state index contributed by atoms with van der Waals surface area (Å²) in [5.41, 5.74) is 3.98. The number of rotatable bonds is 3. The Balaban J connectivity index is 1.78. The lowest BCUT2D eigenvalue weighted by Gasteiger charge is -2.22. The number of para-hydroxylation sites is 1. The Labute approximate surface area is 142 Å². The highest BCUT2D eigenvalue weighted by Crippen LogP contribution is 2.30. The molecule has 3 rings (SSSR count). The largest absolute Gasteiger partial charge is 0.315 e. The molecule has 0 aliphatic carbocycles. The molecule has 0 bridgehead atoms. The average Bonchev–Trinajstić information content (AvgIpc) is 2.96. The molecule has 1 aliphatic rings. The van der Waals surface area contributed by atoms with E-state index in [9.17, 15) is 9.59 Å². The fourth-order valence-electron chi connectivity index (χ4n) is 3.27. The van der Waals surface area contributed by atoms with Crippen molar-refractivity contribution in [3.8, 4) is 0 Å². The van der Waals surface area contributed by atoms with E-state index >= 15 is 0 Å². The molecule has 24 heavy (non-hydrogen) atoms. The van der Waals surface area contributed by atoms with Crippen LogP contribution < -0.4 is 9.80 Å². The van der Waals surface area contributed by atoms with Crippen molar-refractivity contribution in [3.05, 3.63) is 59.7 Å². The maximum absolute atomic E-state index is 12.8. The first-order valence-corrected chi connectivity index (χ1v) is 8.17. The Kier molecular flexibility index (Phi) is 4.38. The number of hydrogen-bond acceptors (Lipinski definition) is 2. The first kappa shape index (κ1) is 16.2. The van der Waals surface area contributed by atoms with E-state index in [2.05, 4.69) is 6.07 Å². The van der Waals surface area contributed by atoms with Gasteiger partial charge in [0.1, 0.15) is 0 Å². The van der Waals surface area contributed by atoms with Crippen LogP contribution in [-0.2, 0) is 9.59 Å². The summed E-state index contributed by atoms with van der Waals surface area (Å²) in [6.07, 6.45) is 0.267. The lowest BCUT2D eigenvalue weighted by Crippen LogP contribution is -2.34. The van der Waals surface area contributed by atoms with Crippen molar-refractivity contribution in [1.29, 1.82) is 0 Å². The van der Waals surface area contributed by atoms with Gasteiger partial charge in [0.2, 0.25) is 11.8 Å². The van der Waals surface area contributed by atoms with Crippen LogP contribution in [0.15, 0.2) is 48.5 Å². The molecule has 4 heteroatoms. The van der Waals surface area contributed by atoms with Gasteiger partial charge in [0.25, 0.3) is 0 Å². The first-order valence-electron chi connectivity index (χ1n) is 8.17. The molecule has 0 spiro atoms. The van der Waals surface area contributed by atoms with Gasteiger partial charge >= 0.3 is 0 Å². The molecule has 1 unspecified atom stereocenters. The van der Waals surface area contributed by atoms with Crippen LogP contribution in [0.3, 0.4) is 0 Å². The molecule has 1 aliphatic heterocycles. The van der Waals surface area contributed by atoms with E-state index in [0.717, 1.165) is 16.9 Å². The molecule has 2 aromatic rings. The summed E-state index contributed by atoms with van der Waals surface area (Å²) >= 11 is 0. The van der Waals surface area contributed by atoms with Crippen molar-refractivity contribution in [1.82, 2.24) is 0 Å². The van der Waals surface area contributed by atoms with Crippen molar-refractivity contribution < 1.29 is 9.59 Å². The molecule has 1 atom stereocenters. The van der Waals surface area contributed by atoms with E-state index in [-0.39, 0.29) is 24.2 Å². The van der Waals surface area contributed by atoms with E-state index in [0.29, 0.717) is 6.54 Å². The van der Waals surface area contributed by atoms with Gasteiger partial charge in [0.05, 0.1) is 5.92 Å². The van der Waals surface area contributed by atoms with Crippen LogP contribution in [0.1, 0.15) is 17.5 Å². The predicted molar refractivity (Wildman–Crippen MR) is 96.2 cm³/mol. The highest BCUT2D eigenvalue weighted by atomic mass is 16.2. The molecule has 2 aromatic carbocycles. The van der Waals surface area contributed by atoms with Crippen molar-refractivity contribution in [2.45, 2.75) is 20.3 Å². The van der Waals surface area contributed by atoms with E-state index in [4.69, 9.17) is 0 Å². The smallest absolute Gasteiger partial charge is 0.232 e. The van der Waals surface area contributed by atoms with Crippen LogP contribution in [0.2, 0.25) is 0 Å². The molecular weight excluding hydrogens is 300 g/mol. The Morgan fingerprint density at radius 1 is 1.12 bits per heavy atom. The lowest BCUT2D eigenvalue weighted by molar-refractivity contribution is -0.124. The molecule has 0 N–H and O–H groups in total. The van der Waals surface area contributed by atoms with Gasteiger partial charge in [-0.25, -0.2) is 0 Å². The van der Waals surface area contributed by atoms with Crippen LogP contribution in [0.4, 0.5) is 11.4 Å². The maximum Gasteiger partial charge on any atom is 0.232 e. The lowest BCUT2D eigenvalue weighted by atomic mass is 10.1. The third-order valence-corrected chi connectivity index (χ3v) is 4.59. The number of benzene rings is 2. The molecule has 0 radical (unpaired) electrons. The van der Waals surface area contributed by atoms with E-state index < -0.39 is 0 Å². The number of anilines is 2. The fourth-order valence-corrected chi connectivity index (χ4v) is 3.27. The van der Waals surface area contributed by atoms with E-state index in [1.54, 1.807) is 16.8 Å². The normalized spacial score (nSPS) is 17.2. The summed E-state index contributed by atoms with van der Waals surface area (Å²) in [6, 6.07) is 15.6. The van der Waals surface area contributed by atoms with Crippen molar-refractivity contribution in [2.75, 3.05) is 23.4 Å². The molecule has 2 amide bonds. The zero-order chi connectivity index (χ0) is 17.3. The van der Waals surface area contributed by atoms with Gasteiger partial charge in [0.15, 0.2) is 0 Å². The van der Waals surface area contributed by atoms with E-state index in [1.807, 2.05) is 56.3 Å². The second kappa shape index (κ2) is 6.48. The van der Waals surface area contributed by atoms with Gasteiger partial charge in [-0.1, -0.05) is 35.9 Å². The van der Waals surface area contributed by atoms with Crippen molar-refractivity contribution in [3.63, 3.8) is 0 Å². The molecule has 1 fully saturated rings. The minimum Gasteiger partial charge on any atom is -0.315 e. The molecule has 4 nitrogen and oxygen atoms in total. The van der Waals surface area contributed by atoms with Gasteiger partial charge in [-0.2, -0.15) is 0 Å². The highest BCUT2D eigenvalue weighted by Gasteiger charge is 2.37. The van der Waals surface area contributed by atoms with Gasteiger partial charge < -0.3 is 9.80 Å². The second-order valence-corrected chi connectivity index (χ2v) is 6.43. The van der Waals surface area contributed by atoms with Crippen LogP contribution in [-0.4, -0.2) is 25.4 Å². The molecule has 1 heterocycles. The van der Waals surface area contributed by atoms with Crippen LogP contribution in [0.25, 0.3) is 0 Å². The SMILES string of the molecule is Cc1ccc(N2CC(C(=O)N(C)c3ccccc3)CC2=O)c(C)c1. The van der Waals surface area contributed by atoms with Crippen molar-refractivity contribution >= 4 is 23.2 Å². The fraction of sp³-hybridized carbons (Fsp3) is 0.300. The number of nitrogens with zero attached hydrogens (tertiary/aromatic N) is 2. The zero-order valence-electron chi connectivity index (χ0n) is 14.3. The van der Waals surface area contributed by atoms with Gasteiger partial charge in [-0.3, -0.25) is 9.59 Å². The summed E-state index contributed by atoms with van der Waals surface area (Å²) in [6.45, 7) is 4.48. The number of amides is 2. The van der Waals surface area contributed by atoms with Crippen LogP contribution in [0.5, 0.6) is 0 Å². The van der Waals surface area contributed by atoms with Crippen LogP contribution >= 0.6 is 0 Å². The zero-order valence-corrected chi connectivity index (χ0v) is 14.3. The summed E-state index contributed by atoms with van der Waals surface area (Å²) < 4.78 is 0. The molecular formula is C20H22N2O2. The minimum absolute atomic E-state index is 0.0122. The monoisotopic (exact) mass is 322 g/mol. The Hall–Kier alpha value is -2.62. The third-order valence-electron chi connectivity index (χ3n) is 4.59. The highest BCUT2D eigenvalue weighted by molar-refractivity contribution is 6.04. The quantitative estimate of drug-likeness (QED) is 0.870. The third kappa shape index (κ3) is 3.04. The Morgan fingerprint density at radius 3 is 2.50 bits per heavy atom. The Bertz CT molecular complexity index is 770. The van der Waals surface area contributed by atoms with Gasteiger partial charge in [-0.05, 0) is 37.6 Å². The molecule has 1 saturated heterocycles. The average molecular weight is 322 g/mol. The standard InChI is InChI=1S/C20H22N2O2/c1-14-9-10-18(15(2)11-14)22-13-16(12-19(22)23)20(24)21(3)17-7-5-4-6-8-17/h4-11,16H,12-13H2,1-3H3. The summed E-state index contributed by atoms with van der Waals surface area (Å²) in [7, 11) is 1.77. The van der Waals surface area contributed by atoms with Crippen molar-refractivity contribution in [2.24, 2.45) is 5.92 Å². The molecule has 124 valence electrons. The molecule has 0 aromatic heterocycles. The van der Waals surface area contributed by atoms with E-state index in [1.165, 1.54) is 5.56 Å². The predicted octanol–water partition coefficient (Wildman–Crippen LogP) is 3.32. The second-order valence-electron chi connectivity index (χ2n) is 6.43. The summed E-state index contributed by atoms with van der Waals surface area (Å²) in [5.74, 6) is -0.299. The number of hydrogen-bond donors (Lipinski definition) is 0. The first-order chi connectivity index (χ1) is 11.5. The topological polar surface area (TPSA) is 40.6 Å². The summed E-state index contributed by atoms with van der Waals surface area (Å²) in [5, 5.41) is 0. The molecule has 0 saturated carbocycles. The Morgan fingerprint density at radius 2 is 1.83 bits per heavy atom. The number of carbonyl (C=O) groups excluding carboxylic acids is 2. The number of aryl methyl sites for hydroxylation is 2. The maximum atomic E-state index is 12.8. The van der Waals surface area contributed by atoms with Gasteiger partial charge in [0, 0.05) is 31.4 Å².